The second kappa shape index (κ2) is 8.71. The molecule has 0 aromatic heterocycles. The Morgan fingerprint density at radius 1 is 1.09 bits per heavy atom. The van der Waals surface area contributed by atoms with Crippen LogP contribution in [0.25, 0.3) is 0 Å². The number of ether oxygens (including phenoxy) is 1. The van der Waals surface area contributed by atoms with Gasteiger partial charge in [0, 0.05) is 63.4 Å². The van der Waals surface area contributed by atoms with Gasteiger partial charge in [0.15, 0.2) is 0 Å². The second-order valence-corrected chi connectivity index (χ2v) is 11.1. The summed E-state index contributed by atoms with van der Waals surface area (Å²) in [5.41, 5.74) is 6.73. The first-order valence-electron chi connectivity index (χ1n) is 12.6. The number of nitrogens with zero attached hydrogens (tertiary/aromatic N) is 2. The van der Waals surface area contributed by atoms with Gasteiger partial charge in [-0.3, -0.25) is 14.6 Å². The Morgan fingerprint density at radius 2 is 1.75 bits per heavy atom. The molecular weight excluding hydrogens is 400 g/mol. The molecule has 0 spiro atoms. The van der Waals surface area contributed by atoms with E-state index in [1.165, 1.54) is 12.0 Å². The molecule has 1 aliphatic carbocycles. The van der Waals surface area contributed by atoms with E-state index in [9.17, 15) is 4.79 Å². The number of nitrogens with two attached hydrogens (primary N) is 1. The van der Waals surface area contributed by atoms with Crippen LogP contribution in [0.2, 0.25) is 0 Å². The van der Waals surface area contributed by atoms with Crippen molar-refractivity contribution in [3.63, 3.8) is 0 Å². The van der Waals surface area contributed by atoms with E-state index in [-0.39, 0.29) is 11.4 Å². The van der Waals surface area contributed by atoms with Crippen LogP contribution >= 0.6 is 0 Å². The summed E-state index contributed by atoms with van der Waals surface area (Å²) in [4.78, 5) is 17.7. The summed E-state index contributed by atoms with van der Waals surface area (Å²) in [5, 5.41) is 3.93. The lowest BCUT2D eigenvalue weighted by Crippen LogP contribution is -2.80. The van der Waals surface area contributed by atoms with Crippen molar-refractivity contribution in [1.29, 1.82) is 0 Å². The lowest BCUT2D eigenvalue weighted by atomic mass is 9.64. The van der Waals surface area contributed by atoms with Crippen LogP contribution in [0.5, 0.6) is 0 Å². The van der Waals surface area contributed by atoms with Crippen molar-refractivity contribution in [2.75, 3.05) is 39.4 Å². The van der Waals surface area contributed by atoms with Crippen molar-refractivity contribution in [2.24, 2.45) is 11.1 Å². The summed E-state index contributed by atoms with van der Waals surface area (Å²) in [5.74, 6) is 0.502. The molecule has 6 heteroatoms. The number of nitrogens with one attached hydrogen (secondary N) is 1. The zero-order chi connectivity index (χ0) is 22.3. The Labute approximate surface area is 192 Å². The summed E-state index contributed by atoms with van der Waals surface area (Å²) >= 11 is 0. The van der Waals surface area contributed by atoms with E-state index in [1.54, 1.807) is 0 Å². The zero-order valence-corrected chi connectivity index (χ0v) is 19.8. The molecule has 2 atom stereocenters. The van der Waals surface area contributed by atoms with Crippen molar-refractivity contribution in [3.05, 3.63) is 35.9 Å². The van der Waals surface area contributed by atoms with Crippen molar-refractivity contribution in [2.45, 2.75) is 75.5 Å². The molecule has 3 N–H and O–H groups in total. The maximum Gasteiger partial charge on any atom is 0.225 e. The van der Waals surface area contributed by atoms with Crippen molar-refractivity contribution in [3.8, 4) is 0 Å². The molecule has 6 nitrogen and oxygen atoms in total. The number of benzene rings is 1. The minimum absolute atomic E-state index is 0.145. The van der Waals surface area contributed by atoms with Crippen LogP contribution in [0.4, 0.5) is 0 Å². The van der Waals surface area contributed by atoms with E-state index >= 15 is 0 Å². The monoisotopic (exact) mass is 440 g/mol. The van der Waals surface area contributed by atoms with E-state index in [0.717, 1.165) is 65.1 Å². The number of likely N-dealkylation sites (tertiary alicyclic amines) is 2. The predicted molar refractivity (Wildman–Crippen MR) is 126 cm³/mol. The van der Waals surface area contributed by atoms with Gasteiger partial charge in [-0.05, 0) is 51.5 Å². The molecule has 3 saturated heterocycles. The lowest BCUT2D eigenvalue weighted by molar-refractivity contribution is -0.169. The molecule has 5 rings (SSSR count). The topological polar surface area (TPSA) is 70.8 Å². The molecule has 1 aromatic rings. The van der Waals surface area contributed by atoms with Gasteiger partial charge in [0.1, 0.15) is 0 Å². The second-order valence-electron chi connectivity index (χ2n) is 11.1. The molecule has 0 unspecified atom stereocenters. The van der Waals surface area contributed by atoms with Gasteiger partial charge in [-0.2, -0.15) is 0 Å². The summed E-state index contributed by atoms with van der Waals surface area (Å²) in [6.07, 6.45) is 5.74. The third-order valence-electron chi connectivity index (χ3n) is 8.98. The van der Waals surface area contributed by atoms with Crippen molar-refractivity contribution >= 4 is 5.91 Å². The molecule has 1 aromatic carbocycles. The molecule has 1 amide bonds. The van der Waals surface area contributed by atoms with Crippen LogP contribution in [0, 0.1) is 5.41 Å². The number of carbonyl (C=O) groups excluding carboxylic acids is 1. The zero-order valence-electron chi connectivity index (χ0n) is 19.8. The smallest absolute Gasteiger partial charge is 0.225 e. The van der Waals surface area contributed by atoms with Gasteiger partial charge in [-0.1, -0.05) is 30.3 Å². The highest BCUT2D eigenvalue weighted by Gasteiger charge is 2.60. The van der Waals surface area contributed by atoms with Crippen molar-refractivity contribution in [1.82, 2.24) is 15.1 Å². The van der Waals surface area contributed by atoms with Crippen LogP contribution < -0.4 is 11.1 Å². The van der Waals surface area contributed by atoms with E-state index in [4.69, 9.17) is 10.5 Å². The highest BCUT2D eigenvalue weighted by Crippen LogP contribution is 2.46. The predicted octanol–water partition coefficient (Wildman–Crippen LogP) is 2.34. The third-order valence-corrected chi connectivity index (χ3v) is 8.98. The van der Waals surface area contributed by atoms with Crippen LogP contribution in [-0.4, -0.2) is 78.8 Å². The van der Waals surface area contributed by atoms with Gasteiger partial charge in [0.25, 0.3) is 0 Å². The largest absolute Gasteiger partial charge is 0.381 e. The van der Waals surface area contributed by atoms with Gasteiger partial charge >= 0.3 is 0 Å². The molecule has 4 aliphatic rings. The van der Waals surface area contributed by atoms with Crippen LogP contribution in [0.15, 0.2) is 30.3 Å². The average molecular weight is 441 g/mol. The third kappa shape index (κ3) is 4.00. The first-order valence-corrected chi connectivity index (χ1v) is 12.6. The number of carbonyl (C=O) groups is 1. The maximum absolute atomic E-state index is 12.5. The van der Waals surface area contributed by atoms with E-state index < -0.39 is 5.41 Å². The molecule has 4 fully saturated rings. The normalized spacial score (nSPS) is 30.1. The van der Waals surface area contributed by atoms with Crippen LogP contribution in [-0.2, 0) is 9.53 Å². The summed E-state index contributed by atoms with van der Waals surface area (Å²) in [7, 11) is 0. The standard InChI is InChI=1S/C26H40N4O2/c1-25(2,24(27)31)26(17-29(18-26)21-10-14-32-15-11-21)30-12-8-20(9-13-30)28-23-16-22(23)19-6-4-3-5-7-19/h3-7,20-23,28H,8-18H2,1-2H3,(H2,27,31)/t22-,23+/m0/s1. The molecule has 32 heavy (non-hydrogen) atoms. The number of hydrogen-bond donors (Lipinski definition) is 2. The quantitative estimate of drug-likeness (QED) is 0.681. The highest BCUT2D eigenvalue weighted by molar-refractivity contribution is 5.82. The Kier molecular flexibility index (Phi) is 6.08. The minimum Gasteiger partial charge on any atom is -0.381 e. The summed E-state index contributed by atoms with van der Waals surface area (Å²) < 4.78 is 5.56. The van der Waals surface area contributed by atoms with Crippen molar-refractivity contribution < 1.29 is 9.53 Å². The first kappa shape index (κ1) is 22.3. The highest BCUT2D eigenvalue weighted by atomic mass is 16.5. The van der Waals surface area contributed by atoms with Gasteiger partial charge in [-0.15, -0.1) is 0 Å². The Hall–Kier alpha value is -1.47. The number of piperidine rings is 1. The van der Waals surface area contributed by atoms with Gasteiger partial charge in [0.2, 0.25) is 5.91 Å². The van der Waals surface area contributed by atoms with Gasteiger partial charge in [0.05, 0.1) is 11.0 Å². The first-order chi connectivity index (χ1) is 15.4. The molecule has 0 bridgehead atoms. The van der Waals surface area contributed by atoms with Gasteiger partial charge in [-0.25, -0.2) is 0 Å². The fourth-order valence-electron chi connectivity index (χ4n) is 6.38. The molecule has 176 valence electrons. The molecular formula is C26H40N4O2. The van der Waals surface area contributed by atoms with Crippen LogP contribution in [0.1, 0.15) is 57.4 Å². The Balaban J connectivity index is 1.19. The van der Waals surface area contributed by atoms with Gasteiger partial charge < -0.3 is 15.8 Å². The number of amides is 1. The lowest BCUT2D eigenvalue weighted by Gasteiger charge is -2.64. The van der Waals surface area contributed by atoms with E-state index in [0.29, 0.717) is 24.0 Å². The molecule has 0 radical (unpaired) electrons. The summed E-state index contributed by atoms with van der Waals surface area (Å²) in [6.45, 7) is 9.82. The SMILES string of the molecule is CC(C)(C(N)=O)C1(N2CCC(N[C@@H]3C[C@H]3c3ccccc3)CC2)CN(C2CCOCC2)C1. The van der Waals surface area contributed by atoms with E-state index in [1.807, 2.05) is 0 Å². The molecule has 3 heterocycles. The molecule has 1 saturated carbocycles. The Bertz CT molecular complexity index is 793. The average Bonchev–Trinajstić information content (AvgIpc) is 3.54. The number of rotatable bonds is 7. The fourth-order valence-corrected chi connectivity index (χ4v) is 6.38. The minimum atomic E-state index is -0.538. The number of hydrogen-bond acceptors (Lipinski definition) is 5. The fraction of sp³-hybridized carbons (Fsp3) is 0.731. The van der Waals surface area contributed by atoms with Crippen LogP contribution in [0.3, 0.4) is 0 Å². The molecule has 3 aliphatic heterocycles. The Morgan fingerprint density at radius 3 is 2.38 bits per heavy atom. The maximum atomic E-state index is 12.5. The van der Waals surface area contributed by atoms with E-state index in [2.05, 4.69) is 59.3 Å². The number of primary amides is 1. The summed E-state index contributed by atoms with van der Waals surface area (Å²) in [6, 6.07) is 12.7.